The monoisotopic (exact) mass is 470 g/mol. The summed E-state index contributed by atoms with van der Waals surface area (Å²) in [5, 5.41) is 2.82. The molecule has 1 aliphatic rings. The Morgan fingerprint density at radius 2 is 1.64 bits per heavy atom. The average Bonchev–Trinajstić information content (AvgIpc) is 3.32. The lowest BCUT2D eigenvalue weighted by Gasteiger charge is -2.24. The predicted molar refractivity (Wildman–Crippen MR) is 126 cm³/mol. The molecular weight excluding hydrogens is 444 g/mol. The van der Waals surface area contributed by atoms with Crippen LogP contribution in [0.5, 0.6) is 0 Å². The molecule has 4 rings (SSSR count). The minimum Gasteiger partial charge on any atom is -0.325 e. The van der Waals surface area contributed by atoms with Crippen molar-refractivity contribution >= 4 is 32.7 Å². The molecule has 9 nitrogen and oxygen atoms in total. The summed E-state index contributed by atoms with van der Waals surface area (Å²) in [6.45, 7) is 2.26. The SMILES string of the molecule is CCc1ccc(NC(=O)[C@@H]2CCCN2S(=O)(=O)c2ccc3c(c2)n(C)c(=O)c(=O)n3C)cc1. The lowest BCUT2D eigenvalue weighted by molar-refractivity contribution is -0.119. The second-order valence-electron chi connectivity index (χ2n) is 8.19. The van der Waals surface area contributed by atoms with E-state index < -0.39 is 27.2 Å². The van der Waals surface area contributed by atoms with E-state index in [1.54, 1.807) is 12.1 Å². The Bertz CT molecular complexity index is 1460. The number of anilines is 1. The molecule has 1 fully saturated rings. The number of fused-ring (bicyclic) bond motifs is 1. The number of hydrogen-bond acceptors (Lipinski definition) is 5. The van der Waals surface area contributed by atoms with Gasteiger partial charge in [-0.3, -0.25) is 14.4 Å². The summed E-state index contributed by atoms with van der Waals surface area (Å²) >= 11 is 0. The highest BCUT2D eigenvalue weighted by atomic mass is 32.2. The Balaban J connectivity index is 1.67. The van der Waals surface area contributed by atoms with Crippen LogP contribution >= 0.6 is 0 Å². The van der Waals surface area contributed by atoms with Crippen molar-refractivity contribution in [2.24, 2.45) is 14.1 Å². The first-order valence-corrected chi connectivity index (χ1v) is 12.2. The molecule has 3 aromatic rings. The molecule has 0 saturated carbocycles. The number of rotatable bonds is 5. The molecule has 33 heavy (non-hydrogen) atoms. The van der Waals surface area contributed by atoms with Gasteiger partial charge in [0, 0.05) is 26.3 Å². The van der Waals surface area contributed by atoms with Gasteiger partial charge in [-0.15, -0.1) is 0 Å². The van der Waals surface area contributed by atoms with Gasteiger partial charge < -0.3 is 14.5 Å². The van der Waals surface area contributed by atoms with Crippen LogP contribution in [0.3, 0.4) is 0 Å². The van der Waals surface area contributed by atoms with Crippen molar-refractivity contribution in [1.29, 1.82) is 0 Å². The minimum atomic E-state index is -4.01. The molecule has 0 aliphatic carbocycles. The maximum Gasteiger partial charge on any atom is 0.316 e. The van der Waals surface area contributed by atoms with Crippen molar-refractivity contribution in [3.8, 4) is 0 Å². The Hall–Kier alpha value is -3.24. The van der Waals surface area contributed by atoms with E-state index in [0.717, 1.165) is 16.6 Å². The Kier molecular flexibility index (Phi) is 5.98. The molecule has 1 aromatic heterocycles. The molecule has 10 heteroatoms. The van der Waals surface area contributed by atoms with E-state index in [0.29, 0.717) is 29.6 Å². The van der Waals surface area contributed by atoms with E-state index in [-0.39, 0.29) is 17.3 Å². The molecule has 0 bridgehead atoms. The van der Waals surface area contributed by atoms with Crippen LogP contribution in [0.1, 0.15) is 25.3 Å². The van der Waals surface area contributed by atoms with Gasteiger partial charge in [0.2, 0.25) is 15.9 Å². The van der Waals surface area contributed by atoms with Crippen LogP contribution < -0.4 is 16.4 Å². The topological polar surface area (TPSA) is 110 Å². The smallest absolute Gasteiger partial charge is 0.316 e. The molecule has 0 radical (unpaired) electrons. The first kappa shape index (κ1) is 22.9. The fraction of sp³-hybridized carbons (Fsp3) is 0.348. The highest BCUT2D eigenvalue weighted by molar-refractivity contribution is 7.89. The molecule has 174 valence electrons. The molecule has 2 heterocycles. The van der Waals surface area contributed by atoms with Gasteiger partial charge in [0.25, 0.3) is 0 Å². The molecule has 1 N–H and O–H groups in total. The fourth-order valence-corrected chi connectivity index (χ4v) is 5.87. The summed E-state index contributed by atoms with van der Waals surface area (Å²) in [5.41, 5.74) is 1.08. The average molecular weight is 471 g/mol. The van der Waals surface area contributed by atoms with Gasteiger partial charge in [0.1, 0.15) is 6.04 Å². The van der Waals surface area contributed by atoms with Crippen LogP contribution in [-0.2, 0) is 35.3 Å². The zero-order valence-electron chi connectivity index (χ0n) is 18.7. The first-order chi connectivity index (χ1) is 15.6. The summed E-state index contributed by atoms with van der Waals surface area (Å²) in [4.78, 5) is 37.2. The Morgan fingerprint density at radius 1 is 1.00 bits per heavy atom. The van der Waals surface area contributed by atoms with Gasteiger partial charge in [-0.2, -0.15) is 4.31 Å². The van der Waals surface area contributed by atoms with E-state index >= 15 is 0 Å². The van der Waals surface area contributed by atoms with E-state index in [4.69, 9.17) is 0 Å². The number of nitrogens with one attached hydrogen (secondary N) is 1. The number of carbonyl (C=O) groups is 1. The summed E-state index contributed by atoms with van der Waals surface area (Å²) in [6, 6.07) is 10.9. The third kappa shape index (κ3) is 4.00. The number of nitrogens with zero attached hydrogens (tertiary/aromatic N) is 3. The largest absolute Gasteiger partial charge is 0.325 e. The maximum absolute atomic E-state index is 13.5. The molecule has 0 spiro atoms. The van der Waals surface area contributed by atoms with Gasteiger partial charge in [-0.25, -0.2) is 8.42 Å². The molecule has 1 amide bonds. The number of aryl methyl sites for hydroxylation is 3. The molecule has 0 unspecified atom stereocenters. The van der Waals surface area contributed by atoms with Crippen LogP contribution in [0.2, 0.25) is 0 Å². The number of benzene rings is 2. The molecule has 1 saturated heterocycles. The van der Waals surface area contributed by atoms with E-state index in [9.17, 15) is 22.8 Å². The normalized spacial score (nSPS) is 16.9. The molecule has 1 aliphatic heterocycles. The van der Waals surface area contributed by atoms with Crippen molar-refractivity contribution in [2.75, 3.05) is 11.9 Å². The minimum absolute atomic E-state index is 0.0318. The number of carbonyl (C=O) groups excluding carboxylic acids is 1. The third-order valence-corrected chi connectivity index (χ3v) is 8.11. The zero-order valence-corrected chi connectivity index (χ0v) is 19.6. The van der Waals surface area contributed by atoms with Gasteiger partial charge in [-0.05, 0) is 55.2 Å². The van der Waals surface area contributed by atoms with Gasteiger partial charge >= 0.3 is 11.1 Å². The highest BCUT2D eigenvalue weighted by Crippen LogP contribution is 2.28. The quantitative estimate of drug-likeness (QED) is 0.570. The first-order valence-electron chi connectivity index (χ1n) is 10.8. The summed E-state index contributed by atoms with van der Waals surface area (Å²) < 4.78 is 30.5. The van der Waals surface area contributed by atoms with Crippen LogP contribution in [-0.4, -0.2) is 40.4 Å². The van der Waals surface area contributed by atoms with Crippen molar-refractivity contribution in [3.63, 3.8) is 0 Å². The Labute approximate surface area is 191 Å². The van der Waals surface area contributed by atoms with Gasteiger partial charge in [0.05, 0.1) is 15.9 Å². The summed E-state index contributed by atoms with van der Waals surface area (Å²) in [7, 11) is -1.11. The second kappa shape index (κ2) is 8.60. The maximum atomic E-state index is 13.5. The lowest BCUT2D eigenvalue weighted by Crippen LogP contribution is -2.43. The zero-order chi connectivity index (χ0) is 23.9. The standard InChI is InChI=1S/C23H26N4O5S/c1-4-15-7-9-16(10-8-15)24-21(28)19-6-5-13-27(19)33(31,32)17-11-12-18-20(14-17)26(3)23(30)22(29)25(18)2/h7-12,14,19H,4-6,13H2,1-3H3,(H,24,28)/t19-/m0/s1. The van der Waals surface area contributed by atoms with E-state index in [1.807, 2.05) is 19.1 Å². The summed E-state index contributed by atoms with van der Waals surface area (Å²) in [6.07, 6.45) is 1.86. The molecular formula is C23H26N4O5S. The van der Waals surface area contributed by atoms with Crippen LogP contribution in [0.4, 0.5) is 5.69 Å². The summed E-state index contributed by atoms with van der Waals surface area (Å²) in [5.74, 6) is -0.379. The molecule has 2 aromatic carbocycles. The van der Waals surface area contributed by atoms with Crippen LogP contribution in [0.15, 0.2) is 56.9 Å². The van der Waals surface area contributed by atoms with Crippen molar-refractivity contribution in [1.82, 2.24) is 13.4 Å². The van der Waals surface area contributed by atoms with Crippen LogP contribution in [0.25, 0.3) is 11.0 Å². The fourth-order valence-electron chi connectivity index (χ4n) is 4.20. The predicted octanol–water partition coefficient (Wildman–Crippen LogP) is 1.59. The van der Waals surface area contributed by atoms with Gasteiger partial charge in [-0.1, -0.05) is 19.1 Å². The number of amides is 1. The van der Waals surface area contributed by atoms with Crippen molar-refractivity contribution in [3.05, 3.63) is 68.7 Å². The highest BCUT2D eigenvalue weighted by Gasteiger charge is 2.39. The third-order valence-electron chi connectivity index (χ3n) is 6.20. The lowest BCUT2D eigenvalue weighted by atomic mass is 10.1. The van der Waals surface area contributed by atoms with Gasteiger partial charge in [0.15, 0.2) is 0 Å². The Morgan fingerprint density at radius 3 is 2.27 bits per heavy atom. The number of sulfonamides is 1. The number of aromatic nitrogens is 2. The molecule has 1 atom stereocenters. The van der Waals surface area contributed by atoms with E-state index in [1.165, 1.54) is 41.2 Å². The number of hydrogen-bond donors (Lipinski definition) is 1. The second-order valence-corrected chi connectivity index (χ2v) is 10.1. The van der Waals surface area contributed by atoms with Crippen molar-refractivity contribution in [2.45, 2.75) is 37.1 Å². The van der Waals surface area contributed by atoms with E-state index in [2.05, 4.69) is 5.32 Å². The van der Waals surface area contributed by atoms with Crippen molar-refractivity contribution < 1.29 is 13.2 Å². The van der Waals surface area contributed by atoms with Crippen LogP contribution in [0, 0.1) is 0 Å².